The Hall–Kier alpha value is -1.11. The van der Waals surface area contributed by atoms with Gasteiger partial charge in [0.15, 0.2) is 6.29 Å². The van der Waals surface area contributed by atoms with Crippen LogP contribution in [-0.4, -0.2) is 38.1 Å². The maximum absolute atomic E-state index is 9.25. The Kier molecular flexibility index (Phi) is 19.9. The van der Waals surface area contributed by atoms with Crippen molar-refractivity contribution in [1.29, 1.82) is 0 Å². The van der Waals surface area contributed by atoms with E-state index in [1.54, 1.807) is 0 Å². The average molecular weight is 243 g/mol. The molecule has 0 fully saturated rings. The number of hydrogen-bond donors (Lipinski definition) is 4. The number of carboxylic acid groups (broad SMARTS) is 2. The van der Waals surface area contributed by atoms with Gasteiger partial charge in [-0.1, -0.05) is 19.9 Å². The normalized spacial score (nSPS) is 7.80. The van der Waals surface area contributed by atoms with Crippen LogP contribution in [0, 0.1) is 0 Å². The molecule has 15 heavy (non-hydrogen) atoms. The molecule has 0 heterocycles. The Bertz CT molecular complexity index is 176. The summed E-state index contributed by atoms with van der Waals surface area (Å²) in [5.41, 5.74) is -1.36. The molecule has 0 aromatic rings. The smallest absolute Gasteiger partial charge is 0.401 e. The zero-order chi connectivity index (χ0) is 12.9. The molecule has 0 spiro atoms. The van der Waals surface area contributed by atoms with Gasteiger partial charge in [0.25, 0.3) is 0 Å². The number of aliphatic carboxylic acids is 1. The lowest BCUT2D eigenvalue weighted by Gasteiger charge is -1.94. The summed E-state index contributed by atoms with van der Waals surface area (Å²) < 4.78 is 0. The number of halogens is 1. The van der Waals surface area contributed by atoms with Crippen LogP contribution in [0.3, 0.4) is 0 Å². The van der Waals surface area contributed by atoms with E-state index in [4.69, 9.17) is 25.2 Å². The molecule has 0 aromatic heterocycles. The summed E-state index contributed by atoms with van der Waals surface area (Å²) in [5, 5.41) is 31.0. The number of carboxylic acids is 1. The first-order valence-corrected chi connectivity index (χ1v) is 4.25. The van der Waals surface area contributed by atoms with Crippen molar-refractivity contribution in [2.75, 3.05) is 0 Å². The van der Waals surface area contributed by atoms with Crippen LogP contribution in [0.1, 0.15) is 19.8 Å². The molecule has 4 N–H and O–H groups in total. The van der Waals surface area contributed by atoms with E-state index < -0.39 is 17.7 Å². The van der Waals surface area contributed by atoms with E-state index >= 15 is 0 Å². The Balaban J connectivity index is -0.000000147. The molecule has 7 heteroatoms. The van der Waals surface area contributed by atoms with E-state index in [2.05, 4.69) is 18.2 Å². The van der Waals surface area contributed by atoms with E-state index in [0.717, 1.165) is 12.5 Å². The topological polar surface area (TPSA) is 115 Å². The third kappa shape index (κ3) is 101. The van der Waals surface area contributed by atoms with Crippen molar-refractivity contribution in [3.63, 3.8) is 0 Å². The first-order valence-electron chi connectivity index (χ1n) is 3.87. The highest BCUT2D eigenvalue weighted by molar-refractivity contribution is 6.60. The van der Waals surface area contributed by atoms with Gasteiger partial charge in [-0.15, -0.1) is 0 Å². The quantitative estimate of drug-likeness (QED) is 0.336. The van der Waals surface area contributed by atoms with Gasteiger partial charge in [-0.25, -0.2) is 9.59 Å². The van der Waals surface area contributed by atoms with Crippen LogP contribution in [0.2, 0.25) is 0 Å². The molecule has 0 aromatic carbocycles. The molecule has 0 unspecified atom stereocenters. The van der Waals surface area contributed by atoms with Gasteiger partial charge in [-0.2, -0.15) is 0 Å². The molecule has 0 saturated carbocycles. The van der Waals surface area contributed by atoms with Crippen LogP contribution in [0.15, 0.2) is 12.7 Å². The minimum Gasteiger partial charge on any atom is -0.478 e. The van der Waals surface area contributed by atoms with Crippen LogP contribution in [-0.2, 0) is 4.79 Å². The Labute approximate surface area is 92.4 Å². The van der Waals surface area contributed by atoms with Crippen molar-refractivity contribution in [2.45, 2.75) is 26.1 Å². The number of rotatable bonds is 3. The predicted molar refractivity (Wildman–Crippen MR) is 54.8 cm³/mol. The van der Waals surface area contributed by atoms with Crippen LogP contribution in [0.25, 0.3) is 0 Å². The summed E-state index contributed by atoms with van der Waals surface area (Å²) >= 11 is 4.19. The number of aliphatic hydroxyl groups excluding tert-OH is 1. The van der Waals surface area contributed by atoms with Crippen molar-refractivity contribution in [3.05, 3.63) is 12.7 Å². The minimum atomic E-state index is -1.36. The SMILES string of the molecule is C=CC(=O)O.CCCC(O)O.O=C(O)Cl. The van der Waals surface area contributed by atoms with Gasteiger partial charge in [-0.3, -0.25) is 0 Å². The molecule has 0 radical (unpaired) electrons. The first-order chi connectivity index (χ1) is 6.77. The molecule has 90 valence electrons. The average Bonchev–Trinajstić information content (AvgIpc) is 2.03. The van der Waals surface area contributed by atoms with Crippen molar-refractivity contribution in [1.82, 2.24) is 0 Å². The molecular weight excluding hydrogens is 228 g/mol. The van der Waals surface area contributed by atoms with Crippen LogP contribution in [0.5, 0.6) is 0 Å². The van der Waals surface area contributed by atoms with Gasteiger partial charge < -0.3 is 20.4 Å². The van der Waals surface area contributed by atoms with E-state index in [9.17, 15) is 4.79 Å². The third-order valence-electron chi connectivity index (χ3n) is 0.721. The lowest BCUT2D eigenvalue weighted by Crippen LogP contribution is -2.01. The van der Waals surface area contributed by atoms with E-state index in [1.165, 1.54) is 0 Å². The van der Waals surface area contributed by atoms with Crippen LogP contribution < -0.4 is 0 Å². The highest BCUT2D eigenvalue weighted by Gasteiger charge is 1.89. The lowest BCUT2D eigenvalue weighted by atomic mass is 10.3. The van der Waals surface area contributed by atoms with E-state index in [0.29, 0.717) is 6.42 Å². The number of carbonyl (C=O) groups is 2. The molecule has 0 rings (SSSR count). The second kappa shape index (κ2) is 15.4. The molecule has 0 amide bonds. The Morgan fingerprint density at radius 1 is 1.40 bits per heavy atom. The van der Waals surface area contributed by atoms with Gasteiger partial charge in [0.05, 0.1) is 0 Å². The van der Waals surface area contributed by atoms with Crippen molar-refractivity contribution < 1.29 is 30.0 Å². The largest absolute Gasteiger partial charge is 0.478 e. The molecule has 0 saturated heterocycles. The highest BCUT2D eigenvalue weighted by Crippen LogP contribution is 1.88. The third-order valence-corrected chi connectivity index (χ3v) is 0.721. The second-order valence-corrected chi connectivity index (χ2v) is 2.39. The monoisotopic (exact) mass is 242 g/mol. The Morgan fingerprint density at radius 3 is 1.67 bits per heavy atom. The van der Waals surface area contributed by atoms with Gasteiger partial charge in [0.2, 0.25) is 0 Å². The zero-order valence-electron chi connectivity index (χ0n) is 8.26. The van der Waals surface area contributed by atoms with Gasteiger partial charge in [0, 0.05) is 17.7 Å². The lowest BCUT2D eigenvalue weighted by molar-refractivity contribution is -0.131. The van der Waals surface area contributed by atoms with Crippen molar-refractivity contribution >= 4 is 23.0 Å². The molecule has 0 bridgehead atoms. The number of hydrogen-bond acceptors (Lipinski definition) is 4. The molecule has 6 nitrogen and oxygen atoms in total. The Morgan fingerprint density at radius 2 is 1.67 bits per heavy atom. The maximum atomic E-state index is 9.25. The minimum absolute atomic E-state index is 0.486. The van der Waals surface area contributed by atoms with Gasteiger partial charge in [-0.05, 0) is 6.42 Å². The van der Waals surface area contributed by atoms with E-state index in [-0.39, 0.29) is 0 Å². The molecular formula is C8H15ClO6. The predicted octanol–water partition coefficient (Wildman–Crippen LogP) is 1.26. The summed E-state index contributed by atoms with van der Waals surface area (Å²) in [6.45, 7) is 4.86. The van der Waals surface area contributed by atoms with Crippen LogP contribution >= 0.6 is 11.6 Å². The number of aliphatic hydroxyl groups is 2. The molecule has 0 aliphatic rings. The van der Waals surface area contributed by atoms with Gasteiger partial charge in [0.1, 0.15) is 0 Å². The van der Waals surface area contributed by atoms with Crippen LogP contribution in [0.4, 0.5) is 4.79 Å². The molecule has 0 aliphatic carbocycles. The fourth-order valence-corrected chi connectivity index (χ4v) is 0.258. The first kappa shape index (κ1) is 19.5. The second-order valence-electron chi connectivity index (χ2n) is 2.06. The zero-order valence-corrected chi connectivity index (χ0v) is 9.02. The van der Waals surface area contributed by atoms with Crippen molar-refractivity contribution in [3.8, 4) is 0 Å². The standard InChI is InChI=1S/C4H10O2.C3H4O2.CHClO2/c1-2-3-4(5)6;1-2-3(4)5;2-1(3)4/h4-6H,2-3H2,1H3;2H,1H2,(H,4,5);(H,3,4). The molecule has 0 atom stereocenters. The maximum Gasteiger partial charge on any atom is 0.401 e. The van der Waals surface area contributed by atoms with E-state index in [1.807, 2.05) is 6.92 Å². The summed E-state index contributed by atoms with van der Waals surface area (Å²) in [5.74, 6) is -0.981. The summed E-state index contributed by atoms with van der Waals surface area (Å²) in [6, 6.07) is 0. The summed E-state index contributed by atoms with van der Waals surface area (Å²) in [7, 11) is 0. The fraction of sp³-hybridized carbons (Fsp3) is 0.500. The summed E-state index contributed by atoms with van der Waals surface area (Å²) in [6.07, 6.45) is 1.05. The van der Waals surface area contributed by atoms with Gasteiger partial charge >= 0.3 is 11.4 Å². The van der Waals surface area contributed by atoms with Crippen molar-refractivity contribution in [2.24, 2.45) is 0 Å². The fourth-order valence-electron chi connectivity index (χ4n) is 0.258. The highest BCUT2D eigenvalue weighted by atomic mass is 35.5. The molecule has 0 aliphatic heterocycles. The summed E-state index contributed by atoms with van der Waals surface area (Å²) in [4.78, 5) is 18.0.